The first kappa shape index (κ1) is 25.1. The molecule has 0 aliphatic heterocycles. The Morgan fingerprint density at radius 1 is 0.714 bits per heavy atom. The Morgan fingerprint density at radius 3 is 1.63 bits per heavy atom. The molecule has 0 N–H and O–H groups in total. The molecule has 4 rings (SSSR count). The number of Topliss-reactive ketones (excluding diaryl/α,β-unsaturated/α-hetero) is 1. The van der Waals surface area contributed by atoms with Gasteiger partial charge in [-0.05, 0) is 86.6 Å². The normalized spacial score (nSPS) is 11.7. The van der Waals surface area contributed by atoms with Crippen LogP contribution in [0.25, 0.3) is 11.3 Å². The predicted octanol–water partition coefficient (Wildman–Crippen LogP) is 8.33. The topological polar surface area (TPSA) is 56.3 Å². The van der Waals surface area contributed by atoms with Gasteiger partial charge in [0.25, 0.3) is 0 Å². The van der Waals surface area contributed by atoms with Gasteiger partial charge < -0.3 is 4.74 Å². The molecule has 0 radical (unpaired) electrons. The number of hydrogen-bond donors (Lipinski definition) is 0. The highest BCUT2D eigenvalue weighted by Gasteiger charge is 2.27. The van der Waals surface area contributed by atoms with E-state index in [2.05, 4.69) is 4.98 Å². The van der Waals surface area contributed by atoms with E-state index in [9.17, 15) is 9.59 Å². The van der Waals surface area contributed by atoms with Crippen LogP contribution in [0.5, 0.6) is 0 Å². The van der Waals surface area contributed by atoms with E-state index in [1.165, 1.54) is 11.3 Å². The lowest BCUT2D eigenvalue weighted by atomic mass is 9.99. The molecule has 0 atom stereocenters. The Hall–Kier alpha value is -2.96. The second-order valence-electron chi connectivity index (χ2n) is 7.60. The number of esters is 1. The lowest BCUT2D eigenvalue weighted by Gasteiger charge is -2.15. The molecule has 4 nitrogen and oxygen atoms in total. The number of aromatic nitrogens is 1. The minimum atomic E-state index is -0.641. The maximum absolute atomic E-state index is 13.9. The summed E-state index contributed by atoms with van der Waals surface area (Å²) in [5.41, 5.74) is 2.11. The number of allylic oxidation sites excluding steroid dienone is 1. The molecule has 1 heterocycles. The van der Waals surface area contributed by atoms with Gasteiger partial charge >= 0.3 is 5.97 Å². The van der Waals surface area contributed by atoms with Crippen molar-refractivity contribution in [2.75, 3.05) is 0 Å². The number of benzene rings is 3. The fourth-order valence-electron chi connectivity index (χ4n) is 3.22. The molecular weight excluding hydrogens is 525 g/mol. The number of nitrogens with zero attached hydrogens (tertiary/aromatic N) is 1. The largest absolute Gasteiger partial charge is 0.421 e. The fraction of sp³-hybridized carbons (Fsp3) is 0.0741. The minimum absolute atomic E-state index is 0.0790. The van der Waals surface area contributed by atoms with Crippen molar-refractivity contribution in [1.82, 2.24) is 4.98 Å². The molecule has 0 bridgehead atoms. The van der Waals surface area contributed by atoms with Gasteiger partial charge in [0.15, 0.2) is 11.5 Å². The zero-order valence-electron chi connectivity index (χ0n) is 18.6. The van der Waals surface area contributed by atoms with Crippen molar-refractivity contribution < 1.29 is 14.3 Å². The molecule has 0 spiro atoms. The van der Waals surface area contributed by atoms with E-state index < -0.39 is 5.97 Å². The quantitative estimate of drug-likeness (QED) is 0.106. The minimum Gasteiger partial charge on any atom is -0.421 e. The SMILES string of the molecule is Cc1nc(/C(C(=O)c2ccc(Cl)cc2)=C(\OC(=O)c2ccc(Cl)cc2)c2ccc(Cl)cc2)sc1C. The lowest BCUT2D eigenvalue weighted by molar-refractivity contribution is 0.0693. The van der Waals surface area contributed by atoms with E-state index in [1.807, 2.05) is 13.8 Å². The molecule has 0 saturated carbocycles. The van der Waals surface area contributed by atoms with Crippen molar-refractivity contribution in [3.8, 4) is 0 Å². The summed E-state index contributed by atoms with van der Waals surface area (Å²) in [6.45, 7) is 3.78. The molecule has 4 aromatic rings. The molecule has 0 unspecified atom stereocenters. The maximum atomic E-state index is 13.9. The predicted molar refractivity (Wildman–Crippen MR) is 143 cm³/mol. The highest BCUT2D eigenvalue weighted by atomic mass is 35.5. The van der Waals surface area contributed by atoms with Gasteiger partial charge in [-0.15, -0.1) is 11.3 Å². The Labute approximate surface area is 221 Å². The molecule has 1 aromatic heterocycles. The second-order valence-corrected chi connectivity index (χ2v) is 10.1. The molecule has 176 valence electrons. The molecule has 35 heavy (non-hydrogen) atoms. The van der Waals surface area contributed by atoms with Crippen LogP contribution in [0.4, 0.5) is 0 Å². The summed E-state index contributed by atoms with van der Waals surface area (Å²) in [5.74, 6) is -0.919. The summed E-state index contributed by atoms with van der Waals surface area (Å²) in [7, 11) is 0. The van der Waals surface area contributed by atoms with E-state index >= 15 is 0 Å². The van der Waals surface area contributed by atoms with E-state index in [4.69, 9.17) is 39.5 Å². The van der Waals surface area contributed by atoms with Crippen LogP contribution in [0.1, 0.15) is 41.9 Å². The third-order valence-corrected chi connectivity index (χ3v) is 7.03. The Balaban J connectivity index is 1.94. The van der Waals surface area contributed by atoms with Crippen molar-refractivity contribution in [2.45, 2.75) is 13.8 Å². The average molecular weight is 543 g/mol. The molecule has 0 fully saturated rings. The van der Waals surface area contributed by atoms with Crippen LogP contribution in [-0.4, -0.2) is 16.7 Å². The number of rotatable bonds is 6. The van der Waals surface area contributed by atoms with E-state index in [0.29, 0.717) is 31.2 Å². The van der Waals surface area contributed by atoms with Gasteiger partial charge in [0.05, 0.1) is 11.3 Å². The molecule has 0 amide bonds. The number of ether oxygens (including phenoxy) is 1. The smallest absolute Gasteiger partial charge is 0.343 e. The molecule has 8 heteroatoms. The summed E-state index contributed by atoms with van der Waals surface area (Å²) >= 11 is 19.4. The highest BCUT2D eigenvalue weighted by Crippen LogP contribution is 2.35. The summed E-state index contributed by atoms with van der Waals surface area (Å²) in [6.07, 6.45) is 0. The monoisotopic (exact) mass is 541 g/mol. The molecule has 0 aliphatic carbocycles. The van der Waals surface area contributed by atoms with Crippen LogP contribution in [0.3, 0.4) is 0 Å². The first-order valence-corrected chi connectivity index (χ1v) is 12.4. The van der Waals surface area contributed by atoms with E-state index in [-0.39, 0.29) is 22.7 Å². The highest BCUT2D eigenvalue weighted by molar-refractivity contribution is 7.13. The number of ketones is 1. The van der Waals surface area contributed by atoms with Crippen LogP contribution in [0, 0.1) is 13.8 Å². The van der Waals surface area contributed by atoms with Crippen LogP contribution in [0.15, 0.2) is 72.8 Å². The number of carbonyl (C=O) groups excluding carboxylic acids is 2. The summed E-state index contributed by atoms with van der Waals surface area (Å²) < 4.78 is 5.91. The summed E-state index contributed by atoms with van der Waals surface area (Å²) in [5, 5.41) is 1.93. The van der Waals surface area contributed by atoms with Gasteiger partial charge in [0.1, 0.15) is 10.6 Å². The molecule has 0 aliphatic rings. The standard InChI is InChI=1S/C27H18Cl3NO3S/c1-15-16(2)35-26(31-15)23(24(32)17-3-9-20(28)10-4-17)25(18-5-11-21(29)12-6-18)34-27(33)19-7-13-22(30)14-8-19/h3-14H,1-2H3/b25-23-. The summed E-state index contributed by atoms with van der Waals surface area (Å²) in [6, 6.07) is 19.5. The first-order valence-electron chi connectivity index (χ1n) is 10.5. The van der Waals surface area contributed by atoms with Crippen molar-refractivity contribution in [3.63, 3.8) is 0 Å². The zero-order valence-corrected chi connectivity index (χ0v) is 21.7. The van der Waals surface area contributed by atoms with E-state index in [0.717, 1.165) is 10.6 Å². The van der Waals surface area contributed by atoms with Crippen LogP contribution >= 0.6 is 46.1 Å². The van der Waals surface area contributed by atoms with Crippen LogP contribution in [0.2, 0.25) is 15.1 Å². The van der Waals surface area contributed by atoms with Gasteiger partial charge in [-0.25, -0.2) is 9.78 Å². The second kappa shape index (κ2) is 10.8. The third-order valence-electron chi connectivity index (χ3n) is 5.18. The zero-order chi connectivity index (χ0) is 25.1. The number of hydrogen-bond acceptors (Lipinski definition) is 5. The first-order chi connectivity index (χ1) is 16.7. The fourth-order valence-corrected chi connectivity index (χ4v) is 4.55. The van der Waals surface area contributed by atoms with Crippen LogP contribution < -0.4 is 0 Å². The van der Waals surface area contributed by atoms with Gasteiger partial charge in [0.2, 0.25) is 0 Å². The van der Waals surface area contributed by atoms with Gasteiger partial charge in [-0.2, -0.15) is 0 Å². The summed E-state index contributed by atoms with van der Waals surface area (Å²) in [4.78, 5) is 32.6. The van der Waals surface area contributed by atoms with Crippen molar-refractivity contribution in [3.05, 3.63) is 120 Å². The van der Waals surface area contributed by atoms with Crippen molar-refractivity contribution >= 4 is 69.2 Å². The molecule has 0 saturated heterocycles. The van der Waals surface area contributed by atoms with Gasteiger partial charge in [-0.3, -0.25) is 4.79 Å². The third kappa shape index (κ3) is 5.82. The van der Waals surface area contributed by atoms with Gasteiger partial charge in [0, 0.05) is 31.1 Å². The average Bonchev–Trinajstić information content (AvgIpc) is 3.17. The Kier molecular flexibility index (Phi) is 7.72. The van der Waals surface area contributed by atoms with Crippen molar-refractivity contribution in [1.29, 1.82) is 0 Å². The maximum Gasteiger partial charge on any atom is 0.343 e. The Morgan fingerprint density at radius 2 is 1.17 bits per heavy atom. The lowest BCUT2D eigenvalue weighted by Crippen LogP contribution is -2.11. The number of halogens is 3. The van der Waals surface area contributed by atoms with Crippen LogP contribution in [-0.2, 0) is 4.74 Å². The van der Waals surface area contributed by atoms with Gasteiger partial charge in [-0.1, -0.05) is 34.8 Å². The number of thiazole rings is 1. The molecular formula is C27H18Cl3NO3S. The Bertz CT molecular complexity index is 1400. The number of aryl methyl sites for hydroxylation is 2. The van der Waals surface area contributed by atoms with E-state index in [1.54, 1.807) is 72.8 Å². The van der Waals surface area contributed by atoms with Crippen molar-refractivity contribution in [2.24, 2.45) is 0 Å². The molecule has 3 aromatic carbocycles. The number of carbonyl (C=O) groups is 2.